The number of ether oxygens (including phenoxy) is 1. The molecule has 5 nitrogen and oxygen atoms in total. The summed E-state index contributed by atoms with van der Waals surface area (Å²) in [4.78, 5) is 14.1. The van der Waals surface area contributed by atoms with Gasteiger partial charge in [-0.25, -0.2) is 0 Å². The zero-order valence-electron chi connectivity index (χ0n) is 13.4. The number of likely N-dealkylation sites (tertiary alicyclic amines) is 1. The van der Waals surface area contributed by atoms with Crippen molar-refractivity contribution in [3.05, 3.63) is 30.3 Å². The van der Waals surface area contributed by atoms with E-state index in [2.05, 4.69) is 15.5 Å². The molecule has 0 bridgehead atoms. The van der Waals surface area contributed by atoms with Crippen molar-refractivity contribution in [3.8, 4) is 5.75 Å². The van der Waals surface area contributed by atoms with Gasteiger partial charge in [0.05, 0.1) is 13.1 Å². The quantitative estimate of drug-likeness (QED) is 0.707. The minimum atomic E-state index is 0.0868. The highest BCUT2D eigenvalue weighted by Gasteiger charge is 2.19. The molecule has 1 aliphatic heterocycles. The van der Waals surface area contributed by atoms with Gasteiger partial charge in [0.25, 0.3) is 0 Å². The highest BCUT2D eigenvalue weighted by atomic mass is 16.5. The number of nitrogens with zero attached hydrogens (tertiary/aromatic N) is 1. The molecule has 0 aliphatic carbocycles. The molecule has 2 rings (SSSR count). The van der Waals surface area contributed by atoms with Gasteiger partial charge in [0.1, 0.15) is 12.4 Å². The number of hydrogen-bond acceptors (Lipinski definition) is 4. The number of amides is 1. The molecule has 0 atom stereocenters. The van der Waals surface area contributed by atoms with E-state index in [4.69, 9.17) is 4.74 Å². The van der Waals surface area contributed by atoms with E-state index in [0.717, 1.165) is 31.3 Å². The highest BCUT2D eigenvalue weighted by Crippen LogP contribution is 2.15. The Hall–Kier alpha value is -1.59. The summed E-state index contributed by atoms with van der Waals surface area (Å²) in [5.74, 6) is 1.68. The third kappa shape index (κ3) is 6.03. The maximum Gasteiger partial charge on any atom is 0.234 e. The molecule has 122 valence electrons. The Labute approximate surface area is 133 Å². The monoisotopic (exact) mass is 305 g/mol. The molecule has 0 spiro atoms. The Morgan fingerprint density at radius 3 is 2.68 bits per heavy atom. The summed E-state index contributed by atoms with van der Waals surface area (Å²) in [5.41, 5.74) is 0. The number of rotatable bonds is 8. The standard InChI is InChI=1S/C17H27N3O2/c1-18-13-15-7-10-20(11-8-15)14-17(21)19-9-12-22-16-5-3-2-4-6-16/h2-6,15,18H,7-14H2,1H3,(H,19,21). The number of carbonyl (C=O) groups is 1. The van der Waals surface area contributed by atoms with Crippen molar-refractivity contribution in [2.45, 2.75) is 12.8 Å². The molecule has 1 fully saturated rings. The second-order valence-corrected chi connectivity index (χ2v) is 5.79. The third-order valence-corrected chi connectivity index (χ3v) is 4.00. The Balaban J connectivity index is 1.55. The van der Waals surface area contributed by atoms with Gasteiger partial charge in [-0.15, -0.1) is 0 Å². The van der Waals surface area contributed by atoms with E-state index in [1.165, 1.54) is 12.8 Å². The number of benzene rings is 1. The molecule has 1 aromatic carbocycles. The zero-order valence-corrected chi connectivity index (χ0v) is 13.4. The lowest BCUT2D eigenvalue weighted by molar-refractivity contribution is -0.122. The average Bonchev–Trinajstić information content (AvgIpc) is 2.55. The van der Waals surface area contributed by atoms with Gasteiger partial charge in [0.2, 0.25) is 5.91 Å². The second kappa shape index (κ2) is 9.43. The summed E-state index contributed by atoms with van der Waals surface area (Å²) in [5, 5.41) is 6.15. The number of hydrogen-bond donors (Lipinski definition) is 2. The van der Waals surface area contributed by atoms with Crippen molar-refractivity contribution in [1.29, 1.82) is 0 Å². The molecule has 5 heteroatoms. The van der Waals surface area contributed by atoms with Crippen LogP contribution in [-0.2, 0) is 4.79 Å². The molecule has 1 amide bonds. The van der Waals surface area contributed by atoms with E-state index < -0.39 is 0 Å². The molecular weight excluding hydrogens is 278 g/mol. The zero-order chi connectivity index (χ0) is 15.6. The summed E-state index contributed by atoms with van der Waals surface area (Å²) < 4.78 is 5.55. The molecule has 1 aromatic rings. The van der Waals surface area contributed by atoms with Crippen molar-refractivity contribution in [2.24, 2.45) is 5.92 Å². The van der Waals surface area contributed by atoms with Crippen LogP contribution in [0.25, 0.3) is 0 Å². The Kier molecular flexibility index (Phi) is 7.19. The van der Waals surface area contributed by atoms with E-state index in [1.54, 1.807) is 0 Å². The molecule has 22 heavy (non-hydrogen) atoms. The molecule has 2 N–H and O–H groups in total. The summed E-state index contributed by atoms with van der Waals surface area (Å²) in [6.07, 6.45) is 2.34. The van der Waals surface area contributed by atoms with Gasteiger partial charge >= 0.3 is 0 Å². The first kappa shape index (κ1) is 16.8. The fourth-order valence-electron chi connectivity index (χ4n) is 2.77. The second-order valence-electron chi connectivity index (χ2n) is 5.79. The minimum absolute atomic E-state index is 0.0868. The maximum absolute atomic E-state index is 11.9. The van der Waals surface area contributed by atoms with Crippen molar-refractivity contribution in [1.82, 2.24) is 15.5 Å². The minimum Gasteiger partial charge on any atom is -0.492 e. The fraction of sp³-hybridized carbons (Fsp3) is 0.588. The predicted molar refractivity (Wildman–Crippen MR) is 88.0 cm³/mol. The lowest BCUT2D eigenvalue weighted by Gasteiger charge is -2.31. The fourth-order valence-corrected chi connectivity index (χ4v) is 2.77. The van der Waals surface area contributed by atoms with Crippen molar-refractivity contribution in [2.75, 3.05) is 46.4 Å². The summed E-state index contributed by atoms with van der Waals surface area (Å²) >= 11 is 0. The van der Waals surface area contributed by atoms with E-state index >= 15 is 0 Å². The van der Waals surface area contributed by atoms with Crippen molar-refractivity contribution < 1.29 is 9.53 Å². The van der Waals surface area contributed by atoms with Crippen LogP contribution in [-0.4, -0.2) is 57.2 Å². The highest BCUT2D eigenvalue weighted by molar-refractivity contribution is 5.78. The smallest absolute Gasteiger partial charge is 0.234 e. The van der Waals surface area contributed by atoms with Crippen LogP contribution in [0.3, 0.4) is 0 Å². The van der Waals surface area contributed by atoms with Gasteiger partial charge in [0, 0.05) is 0 Å². The van der Waals surface area contributed by atoms with E-state index in [1.807, 2.05) is 37.4 Å². The lowest BCUT2D eigenvalue weighted by Crippen LogP contribution is -2.43. The van der Waals surface area contributed by atoms with E-state index in [0.29, 0.717) is 19.7 Å². The Morgan fingerprint density at radius 2 is 2.00 bits per heavy atom. The van der Waals surface area contributed by atoms with Gasteiger partial charge in [-0.1, -0.05) is 18.2 Å². The molecule has 0 radical (unpaired) electrons. The lowest BCUT2D eigenvalue weighted by atomic mass is 9.97. The van der Waals surface area contributed by atoms with Crippen LogP contribution in [0.4, 0.5) is 0 Å². The molecule has 0 aromatic heterocycles. The largest absolute Gasteiger partial charge is 0.492 e. The van der Waals surface area contributed by atoms with Gasteiger partial charge in [0.15, 0.2) is 0 Å². The number of piperidine rings is 1. The van der Waals surface area contributed by atoms with Crippen LogP contribution in [0, 0.1) is 5.92 Å². The van der Waals surface area contributed by atoms with Gasteiger partial charge in [-0.3, -0.25) is 9.69 Å². The summed E-state index contributed by atoms with van der Waals surface area (Å²) in [6, 6.07) is 9.65. The van der Waals surface area contributed by atoms with Crippen LogP contribution in [0.5, 0.6) is 5.75 Å². The Morgan fingerprint density at radius 1 is 1.27 bits per heavy atom. The molecule has 0 saturated carbocycles. The summed E-state index contributed by atoms with van der Waals surface area (Å²) in [6.45, 7) is 4.65. The van der Waals surface area contributed by atoms with E-state index in [-0.39, 0.29) is 5.91 Å². The average molecular weight is 305 g/mol. The van der Waals surface area contributed by atoms with Crippen LogP contribution >= 0.6 is 0 Å². The van der Waals surface area contributed by atoms with E-state index in [9.17, 15) is 4.79 Å². The first-order valence-corrected chi connectivity index (χ1v) is 8.09. The number of carbonyl (C=O) groups excluding carboxylic acids is 1. The summed E-state index contributed by atoms with van der Waals surface area (Å²) in [7, 11) is 2.00. The molecular formula is C17H27N3O2. The molecule has 1 heterocycles. The maximum atomic E-state index is 11.9. The van der Waals surface area contributed by atoms with Crippen LogP contribution < -0.4 is 15.4 Å². The molecule has 0 unspecified atom stereocenters. The Bertz CT molecular complexity index is 431. The normalized spacial score (nSPS) is 16.4. The van der Waals surface area contributed by atoms with Crippen LogP contribution in [0.15, 0.2) is 30.3 Å². The van der Waals surface area contributed by atoms with Crippen LogP contribution in [0.1, 0.15) is 12.8 Å². The third-order valence-electron chi connectivity index (χ3n) is 4.00. The first-order chi connectivity index (χ1) is 10.8. The molecule has 1 saturated heterocycles. The topological polar surface area (TPSA) is 53.6 Å². The number of para-hydroxylation sites is 1. The SMILES string of the molecule is CNCC1CCN(CC(=O)NCCOc2ccccc2)CC1. The first-order valence-electron chi connectivity index (χ1n) is 8.09. The van der Waals surface area contributed by atoms with Gasteiger partial charge in [-0.2, -0.15) is 0 Å². The van der Waals surface area contributed by atoms with Gasteiger partial charge in [-0.05, 0) is 57.6 Å². The van der Waals surface area contributed by atoms with Crippen LogP contribution in [0.2, 0.25) is 0 Å². The van der Waals surface area contributed by atoms with Gasteiger partial charge < -0.3 is 15.4 Å². The van der Waals surface area contributed by atoms with Crippen molar-refractivity contribution in [3.63, 3.8) is 0 Å². The van der Waals surface area contributed by atoms with Crippen molar-refractivity contribution >= 4 is 5.91 Å². The predicted octanol–water partition coefficient (Wildman–Crippen LogP) is 1.11. The molecule has 1 aliphatic rings. The number of nitrogens with one attached hydrogen (secondary N) is 2.